The smallest absolute Gasteiger partial charge is 0.244 e. The van der Waals surface area contributed by atoms with Crippen molar-refractivity contribution in [3.8, 4) is 0 Å². The molecule has 20 heavy (non-hydrogen) atoms. The van der Waals surface area contributed by atoms with E-state index in [4.69, 9.17) is 11.6 Å². The molecule has 1 aromatic heterocycles. The molecule has 0 aromatic carbocycles. The molecule has 112 valence electrons. The van der Waals surface area contributed by atoms with Crippen LogP contribution in [0.15, 0.2) is 17.2 Å². The Morgan fingerprint density at radius 1 is 1.45 bits per heavy atom. The van der Waals surface area contributed by atoms with E-state index in [1.165, 1.54) is 12.3 Å². The molecule has 1 aliphatic heterocycles. The highest BCUT2D eigenvalue weighted by molar-refractivity contribution is 7.89. The molecule has 2 atom stereocenters. The highest BCUT2D eigenvalue weighted by atomic mass is 35.5. The maximum atomic E-state index is 12.7. The minimum Gasteiger partial charge on any atom is -0.372 e. The summed E-state index contributed by atoms with van der Waals surface area (Å²) in [7, 11) is -1.84. The number of rotatable bonds is 3. The first-order valence-electron chi connectivity index (χ1n) is 6.73. The quantitative estimate of drug-likeness (QED) is 0.930. The number of aromatic nitrogens is 1. The number of hydrogen-bond acceptors (Lipinski definition) is 4. The molecule has 2 rings (SSSR count). The number of sulfonamides is 1. The molecule has 0 radical (unpaired) electrons. The molecule has 1 saturated heterocycles. The lowest BCUT2D eigenvalue weighted by molar-refractivity contribution is 0.202. The van der Waals surface area contributed by atoms with Crippen molar-refractivity contribution in [3.63, 3.8) is 0 Å². The Kier molecular flexibility index (Phi) is 4.56. The van der Waals surface area contributed by atoms with E-state index in [0.717, 1.165) is 12.8 Å². The van der Waals surface area contributed by atoms with Crippen LogP contribution in [0, 0.1) is 5.92 Å². The number of pyridine rings is 1. The monoisotopic (exact) mass is 317 g/mol. The van der Waals surface area contributed by atoms with E-state index in [1.54, 1.807) is 11.4 Å². The second-order valence-corrected chi connectivity index (χ2v) is 7.53. The Morgan fingerprint density at radius 3 is 2.75 bits per heavy atom. The molecular formula is C13H20ClN3O2S. The van der Waals surface area contributed by atoms with Gasteiger partial charge >= 0.3 is 0 Å². The molecule has 1 aliphatic rings. The van der Waals surface area contributed by atoms with Crippen molar-refractivity contribution in [2.45, 2.75) is 37.6 Å². The fraction of sp³-hybridized carbons (Fsp3) is 0.615. The van der Waals surface area contributed by atoms with Crippen molar-refractivity contribution in [3.05, 3.63) is 17.3 Å². The zero-order chi connectivity index (χ0) is 14.9. The maximum absolute atomic E-state index is 12.7. The molecule has 7 heteroatoms. The van der Waals surface area contributed by atoms with Crippen molar-refractivity contribution in [2.75, 3.05) is 18.9 Å². The number of halogens is 1. The van der Waals surface area contributed by atoms with Crippen LogP contribution in [-0.2, 0) is 10.0 Å². The summed E-state index contributed by atoms with van der Waals surface area (Å²) in [4.78, 5) is 4.21. The van der Waals surface area contributed by atoms with Crippen molar-refractivity contribution in [1.82, 2.24) is 9.29 Å². The highest BCUT2D eigenvalue weighted by Gasteiger charge is 2.34. The number of hydrogen-bond donors (Lipinski definition) is 1. The van der Waals surface area contributed by atoms with Crippen molar-refractivity contribution in [2.24, 2.45) is 5.92 Å². The second-order valence-electron chi connectivity index (χ2n) is 5.23. The third-order valence-electron chi connectivity index (χ3n) is 3.98. The molecule has 1 N–H and O–H groups in total. The van der Waals surface area contributed by atoms with Gasteiger partial charge in [-0.05, 0) is 31.7 Å². The van der Waals surface area contributed by atoms with Crippen molar-refractivity contribution < 1.29 is 8.42 Å². The molecule has 0 saturated carbocycles. The topological polar surface area (TPSA) is 62.3 Å². The zero-order valence-electron chi connectivity index (χ0n) is 11.9. The largest absolute Gasteiger partial charge is 0.372 e. The van der Waals surface area contributed by atoms with Gasteiger partial charge in [-0.25, -0.2) is 13.4 Å². The Labute approximate surface area is 125 Å². The first kappa shape index (κ1) is 15.5. The van der Waals surface area contributed by atoms with E-state index in [1.807, 2.05) is 6.92 Å². The van der Waals surface area contributed by atoms with Crippen LogP contribution in [0.3, 0.4) is 0 Å². The predicted octanol–water partition coefficient (Wildman–Crippen LogP) is 2.59. The fourth-order valence-corrected chi connectivity index (χ4v) is 4.58. The van der Waals surface area contributed by atoms with Crippen LogP contribution in [0.5, 0.6) is 0 Å². The highest BCUT2D eigenvalue weighted by Crippen LogP contribution is 2.30. The molecule has 0 bridgehead atoms. The van der Waals surface area contributed by atoms with E-state index in [-0.39, 0.29) is 10.9 Å². The Bertz CT molecular complexity index is 591. The molecule has 0 spiro atoms. The van der Waals surface area contributed by atoms with Gasteiger partial charge in [0, 0.05) is 25.8 Å². The molecule has 2 unspecified atom stereocenters. The molecule has 1 fully saturated rings. The van der Waals surface area contributed by atoms with Crippen LogP contribution in [0.4, 0.5) is 5.82 Å². The molecular weight excluding hydrogens is 298 g/mol. The summed E-state index contributed by atoms with van der Waals surface area (Å²) in [5.74, 6) is 0.837. The SMILES string of the molecule is CNc1ncc(S(=O)(=O)N2CCCC(C)C2C)cc1Cl. The summed E-state index contributed by atoms with van der Waals surface area (Å²) in [5.41, 5.74) is 0. The summed E-state index contributed by atoms with van der Waals surface area (Å²) in [6, 6.07) is 1.46. The van der Waals surface area contributed by atoms with Gasteiger partial charge in [0.25, 0.3) is 0 Å². The Balaban J connectivity index is 2.37. The minimum atomic E-state index is -3.53. The second kappa shape index (κ2) is 5.87. The third-order valence-corrected chi connectivity index (χ3v) is 6.21. The molecule has 5 nitrogen and oxygen atoms in total. The van der Waals surface area contributed by atoms with Crippen LogP contribution in [0.25, 0.3) is 0 Å². The number of nitrogens with one attached hydrogen (secondary N) is 1. The fourth-order valence-electron chi connectivity index (χ4n) is 2.52. The van der Waals surface area contributed by atoms with Gasteiger partial charge in [-0.3, -0.25) is 0 Å². The van der Waals surface area contributed by atoms with Gasteiger partial charge in [0.05, 0.1) is 5.02 Å². The first-order chi connectivity index (χ1) is 9.37. The van der Waals surface area contributed by atoms with E-state index in [2.05, 4.69) is 17.2 Å². The van der Waals surface area contributed by atoms with Gasteiger partial charge in [-0.15, -0.1) is 0 Å². The number of anilines is 1. The van der Waals surface area contributed by atoms with Gasteiger partial charge < -0.3 is 5.32 Å². The number of nitrogens with zero attached hydrogens (tertiary/aromatic N) is 2. The predicted molar refractivity (Wildman–Crippen MR) is 80.5 cm³/mol. The van der Waals surface area contributed by atoms with E-state index in [9.17, 15) is 8.42 Å². The third kappa shape index (κ3) is 2.77. The maximum Gasteiger partial charge on any atom is 0.244 e. The van der Waals surface area contributed by atoms with Crippen molar-refractivity contribution in [1.29, 1.82) is 0 Å². The van der Waals surface area contributed by atoms with E-state index >= 15 is 0 Å². The average molecular weight is 318 g/mol. The van der Waals surface area contributed by atoms with Crippen LogP contribution in [0.1, 0.15) is 26.7 Å². The average Bonchev–Trinajstić information content (AvgIpc) is 2.41. The van der Waals surface area contributed by atoms with Gasteiger partial charge in [0.2, 0.25) is 10.0 Å². The van der Waals surface area contributed by atoms with Crippen molar-refractivity contribution >= 4 is 27.4 Å². The van der Waals surface area contributed by atoms with Gasteiger partial charge in [-0.2, -0.15) is 4.31 Å². The normalized spacial score (nSPS) is 24.6. The summed E-state index contributed by atoms with van der Waals surface area (Å²) in [5, 5.41) is 3.13. The minimum absolute atomic E-state index is 0.00324. The van der Waals surface area contributed by atoms with Gasteiger partial charge in [0.15, 0.2) is 0 Å². The molecule has 0 amide bonds. The van der Waals surface area contributed by atoms with Crippen LogP contribution >= 0.6 is 11.6 Å². The van der Waals surface area contributed by atoms with Crippen LogP contribution in [0.2, 0.25) is 5.02 Å². The Hall–Kier alpha value is -0.850. The summed E-state index contributed by atoms with van der Waals surface area (Å²) in [6.45, 7) is 4.60. The number of piperidine rings is 1. The first-order valence-corrected chi connectivity index (χ1v) is 8.55. The molecule has 1 aromatic rings. The summed E-state index contributed by atoms with van der Waals surface area (Å²) >= 11 is 6.03. The van der Waals surface area contributed by atoms with Crippen LogP contribution < -0.4 is 5.32 Å². The lowest BCUT2D eigenvalue weighted by Gasteiger charge is -2.36. The van der Waals surface area contributed by atoms with Gasteiger partial charge in [0.1, 0.15) is 10.7 Å². The van der Waals surface area contributed by atoms with Gasteiger partial charge in [-0.1, -0.05) is 18.5 Å². The lowest BCUT2D eigenvalue weighted by Crippen LogP contribution is -2.45. The standard InChI is InChI=1S/C13H20ClN3O2S/c1-9-5-4-6-17(10(9)2)20(18,19)11-7-12(14)13(15-3)16-8-11/h7-10H,4-6H2,1-3H3,(H,15,16). The van der Waals surface area contributed by atoms with E-state index < -0.39 is 10.0 Å². The summed E-state index contributed by atoms with van der Waals surface area (Å²) < 4.78 is 27.0. The van der Waals surface area contributed by atoms with Crippen LogP contribution in [-0.4, -0.2) is 37.3 Å². The van der Waals surface area contributed by atoms with E-state index in [0.29, 0.717) is 23.3 Å². The zero-order valence-corrected chi connectivity index (χ0v) is 13.5. The summed E-state index contributed by atoms with van der Waals surface area (Å²) in [6.07, 6.45) is 3.31. The molecule has 2 heterocycles. The Morgan fingerprint density at radius 2 is 2.15 bits per heavy atom. The molecule has 0 aliphatic carbocycles. The lowest BCUT2D eigenvalue weighted by atomic mass is 9.94.